The monoisotopic (exact) mass is 511 g/mol. The normalized spacial score (nSPS) is 19.3. The molecule has 5 rings (SSSR count). The van der Waals surface area contributed by atoms with Crippen LogP contribution in [0.15, 0.2) is 30.5 Å². The minimum atomic E-state index is -0.754. The van der Waals surface area contributed by atoms with Gasteiger partial charge in [-0.05, 0) is 57.7 Å². The Balaban J connectivity index is 1.23. The van der Waals surface area contributed by atoms with E-state index in [1.807, 2.05) is 0 Å². The Bertz CT molecular complexity index is 1220. The Morgan fingerprint density at radius 3 is 2.62 bits per heavy atom. The van der Waals surface area contributed by atoms with Crippen LogP contribution in [0.1, 0.15) is 56.0 Å². The van der Waals surface area contributed by atoms with E-state index in [1.165, 1.54) is 41.0 Å². The molecule has 37 heavy (non-hydrogen) atoms. The number of benzene rings is 1. The van der Waals surface area contributed by atoms with Crippen LogP contribution in [-0.2, 0) is 20.9 Å². The number of ether oxygens (including phenoxy) is 3. The molecule has 1 atom stereocenters. The van der Waals surface area contributed by atoms with Crippen LogP contribution in [0.4, 0.5) is 10.1 Å². The summed E-state index contributed by atoms with van der Waals surface area (Å²) in [7, 11) is 0. The van der Waals surface area contributed by atoms with Crippen molar-refractivity contribution in [2.45, 2.75) is 58.3 Å². The predicted octanol–water partition coefficient (Wildman–Crippen LogP) is 3.49. The van der Waals surface area contributed by atoms with Crippen molar-refractivity contribution in [1.29, 1.82) is 0 Å². The highest BCUT2D eigenvalue weighted by Gasteiger charge is 2.38. The third-order valence-corrected chi connectivity index (χ3v) is 6.41. The van der Waals surface area contributed by atoms with Gasteiger partial charge < -0.3 is 24.0 Å². The minimum Gasteiger partial charge on any atom is -0.479 e. The summed E-state index contributed by atoms with van der Waals surface area (Å²) in [6, 6.07) is 6.16. The van der Waals surface area contributed by atoms with E-state index in [1.54, 1.807) is 32.9 Å². The molecule has 0 N–H and O–H groups in total. The lowest BCUT2D eigenvalue weighted by atomic mass is 10.1. The third-order valence-electron chi connectivity index (χ3n) is 6.41. The highest BCUT2D eigenvalue weighted by molar-refractivity contribution is 6.03. The van der Waals surface area contributed by atoms with E-state index >= 15 is 4.39 Å². The molecule has 1 aromatic carbocycles. The van der Waals surface area contributed by atoms with Crippen LogP contribution in [0, 0.1) is 11.7 Å². The Morgan fingerprint density at radius 2 is 1.95 bits per heavy atom. The second-order valence-corrected chi connectivity index (χ2v) is 10.7. The maximum atomic E-state index is 15.0. The highest BCUT2D eigenvalue weighted by atomic mass is 19.1. The number of fused-ring (bicyclic) bond motifs is 1. The largest absolute Gasteiger partial charge is 0.479 e. The molecule has 2 aliphatic heterocycles. The van der Waals surface area contributed by atoms with Gasteiger partial charge in [0.15, 0.2) is 6.10 Å². The summed E-state index contributed by atoms with van der Waals surface area (Å²) in [6.07, 6.45) is 3.54. The van der Waals surface area contributed by atoms with E-state index in [-0.39, 0.29) is 35.8 Å². The first-order valence-corrected chi connectivity index (χ1v) is 12.5. The zero-order valence-corrected chi connectivity index (χ0v) is 21.2. The van der Waals surface area contributed by atoms with E-state index in [0.29, 0.717) is 37.1 Å². The molecule has 1 aromatic heterocycles. The second kappa shape index (κ2) is 9.64. The number of carbonyl (C=O) groups excluding carboxylic acids is 3. The van der Waals surface area contributed by atoms with Gasteiger partial charge in [-0.15, -0.1) is 0 Å². The SMILES string of the molecule is CC(C)(C)OC(=O)CN1Cc2c(F)cc(N3CCC(Oc4ccc(OCC5CC5)nc4)C3=O)cc2C1=O. The van der Waals surface area contributed by atoms with Crippen molar-refractivity contribution >= 4 is 23.5 Å². The van der Waals surface area contributed by atoms with Gasteiger partial charge in [0.1, 0.15) is 23.7 Å². The zero-order chi connectivity index (χ0) is 26.3. The van der Waals surface area contributed by atoms with Crippen molar-refractivity contribution in [3.63, 3.8) is 0 Å². The highest BCUT2D eigenvalue weighted by Crippen LogP contribution is 2.33. The standard InChI is InChI=1S/C27H30FN3O6/c1-27(2,3)37-24(32)14-30-13-20-19(25(30)33)10-17(11-21(20)28)31-9-8-22(26(31)34)36-18-6-7-23(29-12-18)35-15-16-4-5-16/h6-7,10-12,16,22H,4-5,8-9,13-15H2,1-3H3. The fourth-order valence-corrected chi connectivity index (χ4v) is 4.41. The lowest BCUT2D eigenvalue weighted by Crippen LogP contribution is -2.35. The Kier molecular flexibility index (Phi) is 6.51. The molecule has 9 nitrogen and oxygen atoms in total. The van der Waals surface area contributed by atoms with Crippen molar-refractivity contribution in [3.05, 3.63) is 47.4 Å². The number of carbonyl (C=O) groups is 3. The molecule has 2 amide bonds. The van der Waals surface area contributed by atoms with Crippen LogP contribution in [0.2, 0.25) is 0 Å². The van der Waals surface area contributed by atoms with E-state index in [0.717, 1.165) is 0 Å². The number of rotatable bonds is 8. The number of halogens is 1. The summed E-state index contributed by atoms with van der Waals surface area (Å²) in [4.78, 5) is 45.1. The molecule has 3 aliphatic rings. The van der Waals surface area contributed by atoms with E-state index < -0.39 is 29.4 Å². The van der Waals surface area contributed by atoms with Gasteiger partial charge in [-0.2, -0.15) is 0 Å². The maximum absolute atomic E-state index is 15.0. The van der Waals surface area contributed by atoms with Crippen LogP contribution in [-0.4, -0.2) is 59.1 Å². The Morgan fingerprint density at radius 1 is 1.16 bits per heavy atom. The molecular weight excluding hydrogens is 481 g/mol. The summed E-state index contributed by atoms with van der Waals surface area (Å²) in [5.41, 5.74) is -0.0720. The summed E-state index contributed by atoms with van der Waals surface area (Å²) >= 11 is 0. The zero-order valence-electron chi connectivity index (χ0n) is 21.2. The predicted molar refractivity (Wildman–Crippen MR) is 131 cm³/mol. The maximum Gasteiger partial charge on any atom is 0.326 e. The van der Waals surface area contributed by atoms with E-state index in [9.17, 15) is 14.4 Å². The molecular formula is C27H30FN3O6. The lowest BCUT2D eigenvalue weighted by Gasteiger charge is -2.22. The van der Waals surface area contributed by atoms with E-state index in [4.69, 9.17) is 14.2 Å². The number of esters is 1. The van der Waals surface area contributed by atoms with Gasteiger partial charge in [0.25, 0.3) is 11.8 Å². The molecule has 196 valence electrons. The van der Waals surface area contributed by atoms with Crippen LogP contribution in [0.25, 0.3) is 0 Å². The number of hydrogen-bond acceptors (Lipinski definition) is 7. The van der Waals surface area contributed by atoms with Crippen molar-refractivity contribution in [2.75, 3.05) is 24.6 Å². The average molecular weight is 512 g/mol. The quantitative estimate of drug-likeness (QED) is 0.501. The van der Waals surface area contributed by atoms with Gasteiger partial charge in [0.2, 0.25) is 5.88 Å². The second-order valence-electron chi connectivity index (χ2n) is 10.7. The number of nitrogens with zero attached hydrogens (tertiary/aromatic N) is 3. The topological polar surface area (TPSA) is 98.3 Å². The Hall–Kier alpha value is -3.69. The summed E-state index contributed by atoms with van der Waals surface area (Å²) in [5, 5.41) is 0. The van der Waals surface area contributed by atoms with Crippen molar-refractivity contribution < 1.29 is 33.0 Å². The molecule has 1 saturated heterocycles. The van der Waals surface area contributed by atoms with Crippen molar-refractivity contribution in [1.82, 2.24) is 9.88 Å². The van der Waals surface area contributed by atoms with Gasteiger partial charge in [0.05, 0.1) is 19.3 Å². The van der Waals surface area contributed by atoms with Crippen LogP contribution >= 0.6 is 0 Å². The van der Waals surface area contributed by atoms with Gasteiger partial charge in [0, 0.05) is 35.8 Å². The number of pyridine rings is 1. The van der Waals surface area contributed by atoms with Gasteiger partial charge in [-0.1, -0.05) is 0 Å². The molecule has 1 aliphatic carbocycles. The van der Waals surface area contributed by atoms with Crippen molar-refractivity contribution in [3.8, 4) is 11.6 Å². The average Bonchev–Trinajstić information content (AvgIpc) is 3.52. The fourth-order valence-electron chi connectivity index (χ4n) is 4.41. The molecule has 0 bridgehead atoms. The first-order chi connectivity index (χ1) is 17.6. The van der Waals surface area contributed by atoms with Crippen LogP contribution in [0.3, 0.4) is 0 Å². The molecule has 1 unspecified atom stereocenters. The number of hydrogen-bond donors (Lipinski definition) is 0. The van der Waals surface area contributed by atoms with Gasteiger partial charge in [-0.3, -0.25) is 14.4 Å². The Labute approximate surface area is 214 Å². The van der Waals surface area contributed by atoms with E-state index in [2.05, 4.69) is 4.98 Å². The van der Waals surface area contributed by atoms with Crippen LogP contribution < -0.4 is 14.4 Å². The smallest absolute Gasteiger partial charge is 0.326 e. The molecule has 2 aromatic rings. The first kappa shape index (κ1) is 25.0. The lowest BCUT2D eigenvalue weighted by molar-refractivity contribution is -0.155. The van der Waals surface area contributed by atoms with Gasteiger partial charge >= 0.3 is 5.97 Å². The van der Waals surface area contributed by atoms with Crippen molar-refractivity contribution in [2.24, 2.45) is 5.92 Å². The summed E-state index contributed by atoms with van der Waals surface area (Å²) < 4.78 is 31.8. The molecule has 0 spiro atoms. The molecule has 10 heteroatoms. The molecule has 0 radical (unpaired) electrons. The minimum absolute atomic E-state index is 0.0351. The first-order valence-electron chi connectivity index (χ1n) is 12.5. The van der Waals surface area contributed by atoms with Crippen LogP contribution in [0.5, 0.6) is 11.6 Å². The molecule has 1 saturated carbocycles. The summed E-state index contributed by atoms with van der Waals surface area (Å²) in [6.45, 7) is 5.85. The third kappa shape index (κ3) is 5.68. The number of anilines is 1. The van der Waals surface area contributed by atoms with Gasteiger partial charge in [-0.25, -0.2) is 9.37 Å². The molecule has 3 heterocycles. The number of amides is 2. The fraction of sp³-hybridized carbons (Fsp3) is 0.481. The molecule has 2 fully saturated rings. The summed E-state index contributed by atoms with van der Waals surface area (Å²) in [5.74, 6) is -0.408. The number of aromatic nitrogens is 1.